The summed E-state index contributed by atoms with van der Waals surface area (Å²) in [5, 5.41) is 22.5. The Kier molecular flexibility index (Phi) is 7.38. The maximum atomic E-state index is 14.6. The van der Waals surface area contributed by atoms with Gasteiger partial charge < -0.3 is 20.8 Å². The highest BCUT2D eigenvalue weighted by Crippen LogP contribution is 2.52. The van der Waals surface area contributed by atoms with Crippen LogP contribution in [0.1, 0.15) is 52.7 Å². The van der Waals surface area contributed by atoms with Crippen molar-refractivity contribution in [1.82, 2.24) is 9.80 Å². The third-order valence-electron chi connectivity index (χ3n) is 9.66. The molecule has 0 radical (unpaired) electrons. The molecule has 4 aliphatic carbocycles. The van der Waals surface area contributed by atoms with Gasteiger partial charge in [0.25, 0.3) is 0 Å². The van der Waals surface area contributed by atoms with Crippen molar-refractivity contribution < 1.29 is 47.4 Å². The number of aliphatic hydroxyl groups is 1. The second-order valence-corrected chi connectivity index (χ2v) is 12.6. The minimum Gasteiger partial charge on any atom is -0.507 e. The Morgan fingerprint density at radius 3 is 2.29 bits per heavy atom. The molecule has 6 atom stereocenters. The van der Waals surface area contributed by atoms with Gasteiger partial charge in [0.05, 0.1) is 23.1 Å². The van der Waals surface area contributed by atoms with E-state index in [1.807, 2.05) is 0 Å². The molecule has 4 N–H and O–H groups in total. The molecule has 1 aromatic rings. The molecule has 1 aromatic carbocycles. The van der Waals surface area contributed by atoms with Crippen molar-refractivity contribution in [2.24, 2.45) is 35.3 Å². The van der Waals surface area contributed by atoms with E-state index >= 15 is 0 Å². The first kappa shape index (κ1) is 30.3. The minimum atomic E-state index is -4.89. The van der Waals surface area contributed by atoms with Gasteiger partial charge in [-0.25, -0.2) is 0 Å². The Bertz CT molecular complexity index is 1390. The van der Waals surface area contributed by atoms with E-state index in [1.54, 1.807) is 11.9 Å². The average molecular weight is 594 g/mol. The summed E-state index contributed by atoms with van der Waals surface area (Å²) in [4.78, 5) is 69.2. The van der Waals surface area contributed by atoms with Crippen molar-refractivity contribution in [3.63, 3.8) is 0 Å². The topological polar surface area (TPSA) is 158 Å². The number of Topliss-reactive ketones (excluding diaryl/α,β-unsaturated/α-hetero) is 4. The van der Waals surface area contributed by atoms with Crippen LogP contribution >= 0.6 is 0 Å². The number of aromatic hydroxyl groups is 1. The van der Waals surface area contributed by atoms with Gasteiger partial charge in [-0.05, 0) is 75.9 Å². The van der Waals surface area contributed by atoms with Crippen LogP contribution in [0.2, 0.25) is 0 Å². The summed E-state index contributed by atoms with van der Waals surface area (Å²) in [6.07, 6.45) is -2.62. The van der Waals surface area contributed by atoms with Crippen molar-refractivity contribution >= 4 is 29.0 Å². The van der Waals surface area contributed by atoms with E-state index in [0.717, 1.165) is 25.3 Å². The number of halogens is 3. The zero-order chi connectivity index (χ0) is 31.0. The van der Waals surface area contributed by atoms with Crippen molar-refractivity contribution in [3.8, 4) is 5.75 Å². The number of nitrogens with two attached hydrogens (primary N) is 1. The number of phenolic OH excluding ortho intramolecular Hbond substituents is 1. The number of fused-ring (bicyclic) bond motifs is 3. The van der Waals surface area contributed by atoms with Crippen LogP contribution in [0.5, 0.6) is 5.75 Å². The quantitative estimate of drug-likeness (QED) is 0.411. The monoisotopic (exact) mass is 593 g/mol. The van der Waals surface area contributed by atoms with E-state index in [0.29, 0.717) is 12.5 Å². The van der Waals surface area contributed by atoms with Gasteiger partial charge in [0, 0.05) is 19.0 Å². The lowest BCUT2D eigenvalue weighted by molar-refractivity contribution is -0.181. The molecule has 3 fully saturated rings. The zero-order valence-corrected chi connectivity index (χ0v) is 23.5. The van der Waals surface area contributed by atoms with Crippen molar-refractivity contribution in [3.05, 3.63) is 28.3 Å². The number of benzene rings is 1. The first-order chi connectivity index (χ1) is 19.5. The second-order valence-electron chi connectivity index (χ2n) is 12.6. The van der Waals surface area contributed by atoms with E-state index in [4.69, 9.17) is 5.73 Å². The molecule has 0 bridgehead atoms. The summed E-state index contributed by atoms with van der Waals surface area (Å²) in [5.41, 5.74) is -0.0142. The van der Waals surface area contributed by atoms with Crippen LogP contribution in [0.15, 0.2) is 6.07 Å². The van der Waals surface area contributed by atoms with E-state index < -0.39 is 99.4 Å². The molecule has 0 saturated heterocycles. The van der Waals surface area contributed by atoms with E-state index in [1.165, 1.54) is 19.0 Å². The lowest BCUT2D eigenvalue weighted by atomic mass is 9.52. The Hall–Kier alpha value is -3.16. The highest BCUT2D eigenvalue weighted by molar-refractivity contribution is 6.32. The molecule has 10 nitrogen and oxygen atoms in total. The molecule has 5 rings (SSSR count). The SMILES string of the molecule is CN(Cc1cc(O)c2c(c1C(F)(F)F)C[C@H]1C[C@H]3[C@H](N(C)C)C(=O)C(C(N)=O)C(=O)[C@@]3(O)C(=O)C1C2=O)CC1CCC1. The molecular formula is C29H34F3N3O7. The van der Waals surface area contributed by atoms with Gasteiger partial charge in [-0.2, -0.15) is 13.2 Å². The molecule has 0 aromatic heterocycles. The molecular weight excluding hydrogens is 559 g/mol. The highest BCUT2D eigenvalue weighted by atomic mass is 19.4. The summed E-state index contributed by atoms with van der Waals surface area (Å²) in [7, 11) is 4.55. The number of phenols is 1. The number of alkyl halides is 3. The van der Waals surface area contributed by atoms with Gasteiger partial charge in [0.15, 0.2) is 34.7 Å². The largest absolute Gasteiger partial charge is 0.507 e. The zero-order valence-electron chi connectivity index (χ0n) is 23.5. The van der Waals surface area contributed by atoms with E-state index in [-0.39, 0.29) is 18.5 Å². The fraction of sp³-hybridized carbons (Fsp3) is 0.621. The maximum Gasteiger partial charge on any atom is 0.417 e. The first-order valence-electron chi connectivity index (χ1n) is 14.0. The van der Waals surface area contributed by atoms with Gasteiger partial charge in [-0.1, -0.05) is 6.42 Å². The summed E-state index contributed by atoms with van der Waals surface area (Å²) in [6, 6.07) is -0.439. The van der Waals surface area contributed by atoms with Crippen LogP contribution < -0.4 is 5.73 Å². The predicted molar refractivity (Wildman–Crippen MR) is 140 cm³/mol. The number of carbonyl (C=O) groups is 5. The maximum absolute atomic E-state index is 14.6. The number of likely N-dealkylation sites (N-methyl/N-ethyl adjacent to an activating group) is 1. The molecule has 0 heterocycles. The van der Waals surface area contributed by atoms with Gasteiger partial charge in [-0.15, -0.1) is 0 Å². The van der Waals surface area contributed by atoms with Crippen LogP contribution in [-0.4, -0.2) is 88.4 Å². The predicted octanol–water partition coefficient (Wildman–Crippen LogP) is 1.12. The number of carbonyl (C=O) groups excluding carboxylic acids is 5. The molecule has 2 unspecified atom stereocenters. The molecule has 42 heavy (non-hydrogen) atoms. The smallest absolute Gasteiger partial charge is 0.417 e. The number of amides is 1. The molecule has 228 valence electrons. The van der Waals surface area contributed by atoms with Crippen LogP contribution in [0.25, 0.3) is 0 Å². The number of nitrogens with zero attached hydrogens (tertiary/aromatic N) is 2. The number of ketones is 4. The van der Waals surface area contributed by atoms with E-state index in [2.05, 4.69) is 0 Å². The Balaban J connectivity index is 1.61. The molecule has 13 heteroatoms. The molecule has 0 spiro atoms. The third kappa shape index (κ3) is 4.47. The fourth-order valence-corrected chi connectivity index (χ4v) is 7.69. The van der Waals surface area contributed by atoms with Crippen molar-refractivity contribution in [2.75, 3.05) is 27.7 Å². The summed E-state index contributed by atoms with van der Waals surface area (Å²) < 4.78 is 43.9. The van der Waals surface area contributed by atoms with Crippen LogP contribution in [-0.2, 0) is 38.3 Å². The van der Waals surface area contributed by atoms with Crippen LogP contribution in [0.4, 0.5) is 13.2 Å². The molecule has 1 amide bonds. The number of rotatable bonds is 6. The molecule has 3 saturated carbocycles. The Morgan fingerprint density at radius 2 is 1.76 bits per heavy atom. The summed E-state index contributed by atoms with van der Waals surface area (Å²) in [6.45, 7) is 0.448. The van der Waals surface area contributed by atoms with Gasteiger partial charge >= 0.3 is 6.18 Å². The third-order valence-corrected chi connectivity index (χ3v) is 9.66. The summed E-state index contributed by atoms with van der Waals surface area (Å²) in [5.74, 6) is -12.9. The minimum absolute atomic E-state index is 0.129. The van der Waals surface area contributed by atoms with Crippen LogP contribution in [0, 0.1) is 29.6 Å². The second kappa shape index (κ2) is 10.2. The summed E-state index contributed by atoms with van der Waals surface area (Å²) >= 11 is 0. The van der Waals surface area contributed by atoms with Gasteiger partial charge in [0.2, 0.25) is 5.91 Å². The highest BCUT2D eigenvalue weighted by Gasteiger charge is 2.69. The van der Waals surface area contributed by atoms with Crippen LogP contribution in [0.3, 0.4) is 0 Å². The number of hydrogen-bond acceptors (Lipinski definition) is 9. The first-order valence-corrected chi connectivity index (χ1v) is 14.0. The Labute approximate surface area is 240 Å². The lowest BCUT2D eigenvalue weighted by Crippen LogP contribution is -2.74. The van der Waals surface area contributed by atoms with Crippen molar-refractivity contribution in [1.29, 1.82) is 0 Å². The van der Waals surface area contributed by atoms with Crippen molar-refractivity contribution in [2.45, 2.75) is 56.5 Å². The van der Waals surface area contributed by atoms with Gasteiger partial charge in [0.1, 0.15) is 5.75 Å². The normalized spacial score (nSPS) is 31.6. The van der Waals surface area contributed by atoms with Gasteiger partial charge in [-0.3, -0.25) is 28.9 Å². The standard InChI is InChI=1S/C29H34F3N3O7/c1-34(2)22-16-8-13-7-15-19(23(37)18(13)25(39)28(16,42)26(40)20(24(22)38)27(33)41)17(36)9-14(21(15)29(30,31)32)11-35(3)10-12-5-4-6-12/h9,12-13,16,18,20,22,36,42H,4-8,10-11H2,1-3H3,(H2,33,41)/t13-,16-,18?,20?,22-,28-/m0/s1. The number of hydrogen-bond donors (Lipinski definition) is 3. The lowest BCUT2D eigenvalue weighted by Gasteiger charge is -2.52. The average Bonchev–Trinajstić information content (AvgIpc) is 2.82. The fourth-order valence-electron chi connectivity index (χ4n) is 7.69. The molecule has 4 aliphatic rings. The molecule has 0 aliphatic heterocycles. The van der Waals surface area contributed by atoms with E-state index in [9.17, 15) is 47.4 Å². The Morgan fingerprint density at radius 1 is 1.12 bits per heavy atom. The number of primary amides is 1.